The van der Waals surface area contributed by atoms with Crippen molar-refractivity contribution in [2.45, 2.75) is 31.2 Å². The van der Waals surface area contributed by atoms with E-state index in [-0.39, 0.29) is 16.8 Å². The zero-order valence-corrected chi connectivity index (χ0v) is 11.9. The third kappa shape index (κ3) is 3.01. The molecule has 1 aromatic rings. The second kappa shape index (κ2) is 5.68. The summed E-state index contributed by atoms with van der Waals surface area (Å²) in [7, 11) is -0.494. The van der Waals surface area contributed by atoms with Gasteiger partial charge in [0.2, 0.25) is 10.0 Å². The van der Waals surface area contributed by atoms with E-state index in [0.717, 1.165) is 0 Å². The standard InChI is InChI=1S/C10H20N4O3S/c1-5-8(6-17-4)13-18(15,16)9-7(2)14(3)12-10(9)11/h8,13H,5-6H2,1-4H3,(H2,11,12). The molecule has 1 heterocycles. The normalized spacial score (nSPS) is 13.8. The van der Waals surface area contributed by atoms with Crippen LogP contribution in [0.3, 0.4) is 0 Å². The Morgan fingerprint density at radius 3 is 2.56 bits per heavy atom. The van der Waals surface area contributed by atoms with Gasteiger partial charge in [-0.2, -0.15) is 5.10 Å². The first-order valence-electron chi connectivity index (χ1n) is 5.63. The number of methoxy groups -OCH3 is 1. The third-order valence-electron chi connectivity index (χ3n) is 2.76. The largest absolute Gasteiger partial charge is 0.383 e. The topological polar surface area (TPSA) is 99.2 Å². The Hall–Kier alpha value is -1.12. The van der Waals surface area contributed by atoms with Crippen LogP contribution in [0.4, 0.5) is 5.82 Å². The molecule has 0 aliphatic rings. The van der Waals surface area contributed by atoms with Crippen LogP contribution in [0.5, 0.6) is 0 Å². The van der Waals surface area contributed by atoms with E-state index in [1.54, 1.807) is 14.0 Å². The molecule has 0 aromatic carbocycles. The Morgan fingerprint density at radius 2 is 2.17 bits per heavy atom. The second-order valence-corrected chi connectivity index (χ2v) is 5.76. The number of aryl methyl sites for hydroxylation is 1. The van der Waals surface area contributed by atoms with Crippen LogP contribution in [0, 0.1) is 6.92 Å². The van der Waals surface area contributed by atoms with Crippen LogP contribution in [0.25, 0.3) is 0 Å². The summed E-state index contributed by atoms with van der Waals surface area (Å²) in [5.74, 6) is 0.00905. The van der Waals surface area contributed by atoms with Crippen molar-refractivity contribution in [2.24, 2.45) is 7.05 Å². The van der Waals surface area contributed by atoms with Gasteiger partial charge in [0, 0.05) is 20.2 Å². The fraction of sp³-hybridized carbons (Fsp3) is 0.700. The van der Waals surface area contributed by atoms with Crippen molar-refractivity contribution in [1.82, 2.24) is 14.5 Å². The highest BCUT2D eigenvalue weighted by Gasteiger charge is 2.26. The molecule has 1 aromatic heterocycles. The van der Waals surface area contributed by atoms with E-state index < -0.39 is 10.0 Å². The maximum atomic E-state index is 12.2. The van der Waals surface area contributed by atoms with E-state index in [1.807, 2.05) is 6.92 Å². The Bertz CT molecular complexity index is 509. The highest BCUT2D eigenvalue weighted by molar-refractivity contribution is 7.89. The number of aromatic nitrogens is 2. The van der Waals surface area contributed by atoms with Gasteiger partial charge in [0.25, 0.3) is 0 Å². The van der Waals surface area contributed by atoms with Gasteiger partial charge < -0.3 is 10.5 Å². The molecule has 0 aliphatic carbocycles. The summed E-state index contributed by atoms with van der Waals surface area (Å²) in [6.07, 6.45) is 0.631. The summed E-state index contributed by atoms with van der Waals surface area (Å²) < 4.78 is 33.4. The molecular weight excluding hydrogens is 256 g/mol. The molecule has 8 heteroatoms. The van der Waals surface area contributed by atoms with Crippen molar-refractivity contribution in [2.75, 3.05) is 19.5 Å². The third-order valence-corrected chi connectivity index (χ3v) is 4.44. The first-order valence-corrected chi connectivity index (χ1v) is 7.12. The molecule has 104 valence electrons. The lowest BCUT2D eigenvalue weighted by Crippen LogP contribution is -2.37. The predicted molar refractivity (Wildman–Crippen MR) is 68.6 cm³/mol. The minimum atomic E-state index is -3.67. The van der Waals surface area contributed by atoms with Crippen molar-refractivity contribution < 1.29 is 13.2 Å². The highest BCUT2D eigenvalue weighted by atomic mass is 32.2. The summed E-state index contributed by atoms with van der Waals surface area (Å²) in [6.45, 7) is 3.86. The molecule has 0 amide bonds. The van der Waals surface area contributed by atoms with Crippen molar-refractivity contribution in [3.63, 3.8) is 0 Å². The van der Waals surface area contributed by atoms with Gasteiger partial charge in [-0.25, -0.2) is 13.1 Å². The van der Waals surface area contributed by atoms with E-state index in [9.17, 15) is 8.42 Å². The molecule has 0 fully saturated rings. The van der Waals surface area contributed by atoms with E-state index >= 15 is 0 Å². The zero-order valence-electron chi connectivity index (χ0n) is 11.1. The van der Waals surface area contributed by atoms with Crippen LogP contribution >= 0.6 is 0 Å². The smallest absolute Gasteiger partial charge is 0.246 e. The number of hydrogen-bond acceptors (Lipinski definition) is 5. The lowest BCUT2D eigenvalue weighted by atomic mass is 10.3. The van der Waals surface area contributed by atoms with Crippen LogP contribution in [0.1, 0.15) is 19.0 Å². The molecule has 0 radical (unpaired) electrons. The number of nitrogens with two attached hydrogens (primary N) is 1. The molecule has 0 bridgehead atoms. The lowest BCUT2D eigenvalue weighted by Gasteiger charge is -2.16. The second-order valence-electron chi connectivity index (χ2n) is 4.11. The molecule has 0 aliphatic heterocycles. The van der Waals surface area contributed by atoms with Gasteiger partial charge in [0.05, 0.1) is 12.3 Å². The lowest BCUT2D eigenvalue weighted by molar-refractivity contribution is 0.173. The first-order chi connectivity index (χ1) is 8.33. The van der Waals surface area contributed by atoms with Gasteiger partial charge in [0.15, 0.2) is 5.82 Å². The fourth-order valence-corrected chi connectivity index (χ4v) is 3.29. The molecule has 0 spiro atoms. The van der Waals surface area contributed by atoms with Crippen molar-refractivity contribution in [1.29, 1.82) is 0 Å². The van der Waals surface area contributed by atoms with Gasteiger partial charge in [-0.1, -0.05) is 6.92 Å². The maximum Gasteiger partial charge on any atom is 0.246 e. The van der Waals surface area contributed by atoms with E-state index in [2.05, 4.69) is 9.82 Å². The molecule has 0 saturated carbocycles. The maximum absolute atomic E-state index is 12.2. The number of rotatable bonds is 6. The van der Waals surface area contributed by atoms with E-state index in [1.165, 1.54) is 11.8 Å². The number of anilines is 1. The average Bonchev–Trinajstić information content (AvgIpc) is 2.52. The van der Waals surface area contributed by atoms with E-state index in [0.29, 0.717) is 18.7 Å². The molecule has 3 N–H and O–H groups in total. The quantitative estimate of drug-likeness (QED) is 0.762. The number of nitrogen functional groups attached to an aromatic ring is 1. The van der Waals surface area contributed by atoms with Crippen LogP contribution in [0.2, 0.25) is 0 Å². The van der Waals surface area contributed by atoms with Crippen molar-refractivity contribution in [3.05, 3.63) is 5.69 Å². The van der Waals surface area contributed by atoms with Gasteiger partial charge >= 0.3 is 0 Å². The first kappa shape index (κ1) is 14.9. The molecule has 1 atom stereocenters. The van der Waals surface area contributed by atoms with Crippen molar-refractivity contribution >= 4 is 15.8 Å². The Balaban J connectivity index is 3.06. The monoisotopic (exact) mass is 276 g/mol. The Morgan fingerprint density at radius 1 is 1.56 bits per heavy atom. The van der Waals surface area contributed by atoms with Crippen LogP contribution in [-0.4, -0.2) is 38.0 Å². The minimum absolute atomic E-state index is 0.00905. The summed E-state index contributed by atoms with van der Waals surface area (Å²) >= 11 is 0. The highest BCUT2D eigenvalue weighted by Crippen LogP contribution is 2.21. The predicted octanol–water partition coefficient (Wildman–Crippen LogP) is 0.0140. The SMILES string of the molecule is CCC(COC)NS(=O)(=O)c1c(N)nn(C)c1C. The summed E-state index contributed by atoms with van der Waals surface area (Å²) in [6, 6.07) is -0.279. The summed E-state index contributed by atoms with van der Waals surface area (Å²) in [5.41, 5.74) is 6.14. The number of hydrogen-bond donors (Lipinski definition) is 2. The van der Waals surface area contributed by atoms with Gasteiger partial charge in [0.1, 0.15) is 4.90 Å². The summed E-state index contributed by atoms with van der Waals surface area (Å²) in [4.78, 5) is 0.0413. The average molecular weight is 276 g/mol. The number of ether oxygens (including phenoxy) is 1. The molecule has 1 rings (SSSR count). The minimum Gasteiger partial charge on any atom is -0.383 e. The number of nitrogens with zero attached hydrogens (tertiary/aromatic N) is 2. The fourth-order valence-electron chi connectivity index (χ4n) is 1.66. The molecule has 1 unspecified atom stereocenters. The van der Waals surface area contributed by atoms with Crippen LogP contribution in [0.15, 0.2) is 4.90 Å². The van der Waals surface area contributed by atoms with Crippen molar-refractivity contribution in [3.8, 4) is 0 Å². The number of nitrogens with one attached hydrogen (secondary N) is 1. The van der Waals surface area contributed by atoms with E-state index in [4.69, 9.17) is 10.5 Å². The summed E-state index contributed by atoms with van der Waals surface area (Å²) in [5, 5.41) is 3.90. The number of sulfonamides is 1. The molecular formula is C10H20N4O3S. The Kier molecular flexibility index (Phi) is 4.71. The molecule has 0 saturated heterocycles. The Labute approximate surface area is 107 Å². The van der Waals surface area contributed by atoms with Gasteiger partial charge in [-0.05, 0) is 13.3 Å². The van der Waals surface area contributed by atoms with Crippen LogP contribution in [-0.2, 0) is 21.8 Å². The van der Waals surface area contributed by atoms with Gasteiger partial charge in [-0.3, -0.25) is 4.68 Å². The molecule has 7 nitrogen and oxygen atoms in total. The molecule has 18 heavy (non-hydrogen) atoms. The van der Waals surface area contributed by atoms with Crippen LogP contribution < -0.4 is 10.5 Å². The van der Waals surface area contributed by atoms with Gasteiger partial charge in [-0.15, -0.1) is 0 Å². The zero-order chi connectivity index (χ0) is 13.9.